The van der Waals surface area contributed by atoms with E-state index in [-0.39, 0.29) is 19.0 Å². The van der Waals surface area contributed by atoms with Crippen molar-refractivity contribution in [3.8, 4) is 0 Å². The van der Waals surface area contributed by atoms with Crippen molar-refractivity contribution >= 4 is 0 Å². The normalized spacial score (nSPS) is 26.0. The Morgan fingerprint density at radius 3 is 2.56 bits per heavy atom. The molecule has 1 rings (SSSR count). The Morgan fingerprint density at radius 1 is 1.39 bits per heavy atom. The van der Waals surface area contributed by atoms with Gasteiger partial charge in [0.1, 0.15) is 0 Å². The smallest absolute Gasteiger partial charge is 0.315 e. The molecule has 0 aromatic rings. The first kappa shape index (κ1) is 15.8. The van der Waals surface area contributed by atoms with E-state index in [1.165, 1.54) is 0 Å². The van der Waals surface area contributed by atoms with Gasteiger partial charge in [-0.3, -0.25) is 0 Å². The lowest BCUT2D eigenvalue weighted by Crippen LogP contribution is -2.48. The van der Waals surface area contributed by atoms with Gasteiger partial charge in [-0.1, -0.05) is 20.3 Å². The van der Waals surface area contributed by atoms with Crippen LogP contribution in [0.4, 0.5) is 13.2 Å². The van der Waals surface area contributed by atoms with Crippen LogP contribution in [0.5, 0.6) is 0 Å². The molecule has 1 aliphatic rings. The lowest BCUT2D eigenvalue weighted by Gasteiger charge is -2.37. The van der Waals surface area contributed by atoms with Crippen LogP contribution in [0.1, 0.15) is 33.1 Å². The fraction of sp³-hybridized carbons (Fsp3) is 1.00. The molecule has 0 spiro atoms. The summed E-state index contributed by atoms with van der Waals surface area (Å²) in [5, 5.41) is 3.23. The van der Waals surface area contributed by atoms with E-state index in [0.717, 1.165) is 19.5 Å². The summed E-state index contributed by atoms with van der Waals surface area (Å²) in [7, 11) is 1.89. The van der Waals surface area contributed by atoms with E-state index in [4.69, 9.17) is 0 Å². The topological polar surface area (TPSA) is 15.3 Å². The highest BCUT2D eigenvalue weighted by molar-refractivity contribution is 4.82. The Labute approximate surface area is 108 Å². The minimum absolute atomic E-state index is 0.165. The van der Waals surface area contributed by atoms with Crippen molar-refractivity contribution < 1.29 is 13.2 Å². The Morgan fingerprint density at radius 2 is 2.06 bits per heavy atom. The van der Waals surface area contributed by atoms with E-state index in [0.29, 0.717) is 12.3 Å². The molecule has 0 radical (unpaired) electrons. The molecule has 2 nitrogen and oxygen atoms in total. The number of likely N-dealkylation sites (N-methyl/N-ethyl adjacent to an activating group) is 1. The number of nitrogens with zero attached hydrogens (tertiary/aromatic N) is 1. The zero-order valence-electron chi connectivity index (χ0n) is 11.6. The largest absolute Gasteiger partial charge is 0.393 e. The maximum absolute atomic E-state index is 12.7. The van der Waals surface area contributed by atoms with Gasteiger partial charge in [0.15, 0.2) is 0 Å². The van der Waals surface area contributed by atoms with E-state index in [2.05, 4.69) is 19.2 Å². The van der Waals surface area contributed by atoms with Gasteiger partial charge in [-0.25, -0.2) is 0 Å². The molecule has 1 aliphatic heterocycles. The summed E-state index contributed by atoms with van der Waals surface area (Å²) in [4.78, 5) is 1.97. The molecule has 0 bridgehead atoms. The van der Waals surface area contributed by atoms with Crippen molar-refractivity contribution in [1.82, 2.24) is 10.2 Å². The van der Waals surface area contributed by atoms with Crippen LogP contribution in [0.25, 0.3) is 0 Å². The van der Waals surface area contributed by atoms with Crippen molar-refractivity contribution in [2.24, 2.45) is 11.8 Å². The first-order valence-corrected chi connectivity index (χ1v) is 6.84. The monoisotopic (exact) mass is 266 g/mol. The van der Waals surface area contributed by atoms with Crippen molar-refractivity contribution in [3.05, 3.63) is 0 Å². The predicted octanol–water partition coefficient (Wildman–Crippen LogP) is 2.89. The first-order valence-electron chi connectivity index (χ1n) is 6.84. The van der Waals surface area contributed by atoms with Crippen LogP contribution in [0.2, 0.25) is 0 Å². The van der Waals surface area contributed by atoms with Crippen LogP contribution < -0.4 is 5.32 Å². The van der Waals surface area contributed by atoms with Gasteiger partial charge in [0.2, 0.25) is 0 Å². The molecule has 1 saturated heterocycles. The number of nitrogens with one attached hydrogen (secondary N) is 1. The van der Waals surface area contributed by atoms with Crippen LogP contribution >= 0.6 is 0 Å². The quantitative estimate of drug-likeness (QED) is 0.823. The van der Waals surface area contributed by atoms with Gasteiger partial charge in [0, 0.05) is 19.1 Å². The molecule has 3 unspecified atom stereocenters. The zero-order chi connectivity index (χ0) is 13.8. The predicted molar refractivity (Wildman–Crippen MR) is 67.5 cm³/mol. The highest BCUT2D eigenvalue weighted by atomic mass is 19.4. The van der Waals surface area contributed by atoms with Crippen LogP contribution in [-0.2, 0) is 0 Å². The second kappa shape index (κ2) is 6.75. The van der Waals surface area contributed by atoms with Gasteiger partial charge in [-0.15, -0.1) is 0 Å². The summed E-state index contributed by atoms with van der Waals surface area (Å²) < 4.78 is 38.1. The number of likely N-dealkylation sites (tertiary alicyclic amines) is 1. The second-order valence-electron chi connectivity index (χ2n) is 5.42. The molecule has 0 amide bonds. The number of alkyl halides is 3. The van der Waals surface area contributed by atoms with E-state index in [1.807, 2.05) is 11.9 Å². The molecule has 1 N–H and O–H groups in total. The summed E-state index contributed by atoms with van der Waals surface area (Å²) in [6.45, 7) is 5.94. The van der Waals surface area contributed by atoms with Gasteiger partial charge in [0.25, 0.3) is 0 Å². The Hall–Kier alpha value is -0.290. The minimum Gasteiger partial charge on any atom is -0.315 e. The molecule has 18 heavy (non-hydrogen) atoms. The summed E-state index contributed by atoms with van der Waals surface area (Å²) in [6.07, 6.45) is -2.05. The molecule has 1 heterocycles. The van der Waals surface area contributed by atoms with Crippen molar-refractivity contribution in [1.29, 1.82) is 0 Å². The standard InChI is InChI=1S/C13H25F3N2/c1-4-10(2)12(17-3)9-18-7-5-6-11(8-18)13(14,15)16/h10-12,17H,4-9H2,1-3H3. The van der Waals surface area contributed by atoms with Gasteiger partial charge >= 0.3 is 6.18 Å². The SMILES string of the molecule is CCC(C)C(CN1CCCC(C(F)(F)F)C1)NC. The average Bonchev–Trinajstić information content (AvgIpc) is 2.34. The fourth-order valence-corrected chi connectivity index (χ4v) is 2.61. The maximum atomic E-state index is 12.7. The number of halogens is 3. The number of piperidine rings is 1. The third kappa shape index (κ3) is 4.43. The molecule has 1 fully saturated rings. The van der Waals surface area contributed by atoms with E-state index in [1.54, 1.807) is 0 Å². The molecular formula is C13H25F3N2. The highest BCUT2D eigenvalue weighted by Gasteiger charge is 2.41. The van der Waals surface area contributed by atoms with Crippen LogP contribution in [-0.4, -0.2) is 43.8 Å². The molecule has 0 saturated carbocycles. The molecular weight excluding hydrogens is 241 g/mol. The third-order valence-electron chi connectivity index (χ3n) is 4.12. The average molecular weight is 266 g/mol. The molecule has 0 aromatic heterocycles. The highest BCUT2D eigenvalue weighted by Crippen LogP contribution is 2.33. The summed E-state index contributed by atoms with van der Waals surface area (Å²) in [5.41, 5.74) is 0. The van der Waals surface area contributed by atoms with Crippen molar-refractivity contribution in [2.45, 2.75) is 45.3 Å². The van der Waals surface area contributed by atoms with Gasteiger partial charge < -0.3 is 10.2 Å². The van der Waals surface area contributed by atoms with Gasteiger partial charge in [-0.2, -0.15) is 13.2 Å². The molecule has 5 heteroatoms. The Balaban J connectivity index is 2.51. The number of hydrogen-bond donors (Lipinski definition) is 1. The minimum atomic E-state index is -4.04. The van der Waals surface area contributed by atoms with Gasteiger partial charge in [-0.05, 0) is 32.4 Å². The lowest BCUT2D eigenvalue weighted by molar-refractivity contribution is -0.187. The van der Waals surface area contributed by atoms with Crippen molar-refractivity contribution in [2.75, 3.05) is 26.7 Å². The second-order valence-corrected chi connectivity index (χ2v) is 5.42. The van der Waals surface area contributed by atoms with Crippen LogP contribution in [0.15, 0.2) is 0 Å². The zero-order valence-corrected chi connectivity index (χ0v) is 11.6. The summed E-state index contributed by atoms with van der Waals surface area (Å²) >= 11 is 0. The number of rotatable bonds is 5. The summed E-state index contributed by atoms with van der Waals surface area (Å²) in [5.74, 6) is -0.651. The maximum Gasteiger partial charge on any atom is 0.393 e. The molecule has 3 atom stereocenters. The van der Waals surface area contributed by atoms with Crippen LogP contribution in [0, 0.1) is 11.8 Å². The van der Waals surface area contributed by atoms with Crippen molar-refractivity contribution in [3.63, 3.8) is 0 Å². The van der Waals surface area contributed by atoms with Gasteiger partial charge in [0.05, 0.1) is 5.92 Å². The Kier molecular flexibility index (Phi) is 5.92. The number of hydrogen-bond acceptors (Lipinski definition) is 2. The first-order chi connectivity index (χ1) is 8.38. The third-order valence-corrected chi connectivity index (χ3v) is 4.12. The fourth-order valence-electron chi connectivity index (χ4n) is 2.61. The van der Waals surface area contributed by atoms with Crippen LogP contribution in [0.3, 0.4) is 0 Å². The lowest BCUT2D eigenvalue weighted by atomic mass is 9.94. The van der Waals surface area contributed by atoms with E-state index < -0.39 is 12.1 Å². The Bertz CT molecular complexity index is 243. The van der Waals surface area contributed by atoms with E-state index >= 15 is 0 Å². The molecule has 108 valence electrons. The van der Waals surface area contributed by atoms with E-state index in [9.17, 15) is 13.2 Å². The molecule has 0 aromatic carbocycles. The summed E-state index contributed by atoms with van der Waals surface area (Å²) in [6, 6.07) is 0.280. The molecule has 0 aliphatic carbocycles.